The van der Waals surface area contributed by atoms with Crippen LogP contribution in [-0.2, 0) is 14.4 Å². The number of nitrogens with one attached hydrogen (secondary N) is 2. The van der Waals surface area contributed by atoms with Gasteiger partial charge in [0.05, 0.1) is 6.54 Å². The highest BCUT2D eigenvalue weighted by atomic mass is 19.4. The molecular weight excluding hydrogens is 295 g/mol. The van der Waals surface area contributed by atoms with Crippen molar-refractivity contribution in [3.8, 4) is 0 Å². The van der Waals surface area contributed by atoms with E-state index in [-0.39, 0.29) is 18.4 Å². The second kappa shape index (κ2) is 8.95. The average molecular weight is 311 g/mol. The number of carboxylic acid groups (broad SMARTS) is 1. The molecule has 0 aromatic carbocycles. The minimum absolute atomic E-state index is 0.0401. The zero-order chi connectivity index (χ0) is 16.5. The highest BCUT2D eigenvalue weighted by Gasteiger charge is 2.38. The molecule has 1 aliphatic heterocycles. The molecule has 21 heavy (non-hydrogen) atoms. The van der Waals surface area contributed by atoms with Crippen molar-refractivity contribution in [3.05, 3.63) is 12.7 Å². The van der Waals surface area contributed by atoms with E-state index in [0.29, 0.717) is 13.1 Å². The van der Waals surface area contributed by atoms with Crippen molar-refractivity contribution in [1.29, 1.82) is 0 Å². The van der Waals surface area contributed by atoms with E-state index in [9.17, 15) is 22.8 Å². The van der Waals surface area contributed by atoms with Crippen LogP contribution in [0.4, 0.5) is 13.2 Å². The molecule has 0 spiro atoms. The number of piperazine rings is 1. The van der Waals surface area contributed by atoms with Crippen molar-refractivity contribution in [1.82, 2.24) is 15.5 Å². The Balaban J connectivity index is 0.000000486. The van der Waals surface area contributed by atoms with Crippen LogP contribution in [0.1, 0.15) is 0 Å². The highest BCUT2D eigenvalue weighted by Crippen LogP contribution is 2.13. The van der Waals surface area contributed by atoms with Gasteiger partial charge in [0.1, 0.15) is 0 Å². The molecule has 0 unspecified atom stereocenters. The van der Waals surface area contributed by atoms with Crippen molar-refractivity contribution < 1.29 is 32.7 Å². The summed E-state index contributed by atoms with van der Waals surface area (Å²) >= 11 is 0. The second-order valence-corrected chi connectivity index (χ2v) is 3.86. The number of nitrogens with zero attached hydrogens (tertiary/aromatic N) is 1. The van der Waals surface area contributed by atoms with Crippen LogP contribution in [0.5, 0.6) is 0 Å². The Hall–Kier alpha value is -2.10. The topological polar surface area (TPSA) is 98.7 Å². The van der Waals surface area contributed by atoms with Gasteiger partial charge in [-0.15, -0.1) is 0 Å². The zero-order valence-corrected chi connectivity index (χ0v) is 11.1. The molecule has 0 saturated carbocycles. The highest BCUT2D eigenvalue weighted by molar-refractivity contribution is 5.90. The first-order chi connectivity index (χ1) is 9.68. The molecule has 120 valence electrons. The summed E-state index contributed by atoms with van der Waals surface area (Å²) in [4.78, 5) is 32.9. The Morgan fingerprint density at radius 1 is 1.29 bits per heavy atom. The number of carbonyl (C=O) groups excluding carboxylic acids is 2. The van der Waals surface area contributed by atoms with Crippen LogP contribution >= 0.6 is 0 Å². The van der Waals surface area contributed by atoms with E-state index in [1.165, 1.54) is 0 Å². The van der Waals surface area contributed by atoms with Gasteiger partial charge in [-0.2, -0.15) is 13.2 Å². The summed E-state index contributed by atoms with van der Waals surface area (Å²) in [7, 11) is 0. The molecule has 1 aliphatic rings. The minimum Gasteiger partial charge on any atom is -0.475 e. The summed E-state index contributed by atoms with van der Waals surface area (Å²) in [6.07, 6.45) is -3.93. The number of hydrogen-bond acceptors (Lipinski definition) is 4. The third kappa shape index (κ3) is 8.63. The lowest BCUT2D eigenvalue weighted by Crippen LogP contribution is -2.49. The Labute approximate surface area is 118 Å². The SMILES string of the molecule is C=CC(=O)NCC(=O)N1CCNCC1.O=C(O)C(F)(F)F. The number of carbonyl (C=O) groups is 3. The van der Waals surface area contributed by atoms with E-state index in [2.05, 4.69) is 17.2 Å². The lowest BCUT2D eigenvalue weighted by atomic mass is 10.3. The lowest BCUT2D eigenvalue weighted by Gasteiger charge is -2.27. The molecule has 2 amide bonds. The van der Waals surface area contributed by atoms with Crippen LogP contribution in [0.25, 0.3) is 0 Å². The van der Waals surface area contributed by atoms with E-state index >= 15 is 0 Å². The van der Waals surface area contributed by atoms with Gasteiger partial charge >= 0.3 is 12.1 Å². The first-order valence-corrected chi connectivity index (χ1v) is 5.87. The summed E-state index contributed by atoms with van der Waals surface area (Å²) in [6.45, 7) is 6.43. The van der Waals surface area contributed by atoms with Gasteiger partial charge in [-0.25, -0.2) is 4.79 Å². The Kier molecular flexibility index (Phi) is 8.06. The molecule has 1 fully saturated rings. The summed E-state index contributed by atoms with van der Waals surface area (Å²) < 4.78 is 31.7. The quantitative estimate of drug-likeness (QED) is 0.602. The molecule has 1 saturated heterocycles. The fourth-order valence-corrected chi connectivity index (χ4v) is 1.26. The molecule has 0 bridgehead atoms. The largest absolute Gasteiger partial charge is 0.490 e. The standard InChI is InChI=1S/C9H15N3O2.C2HF3O2/c1-2-8(13)11-7-9(14)12-5-3-10-4-6-12;3-2(4,5)1(6)7/h2,10H,1,3-7H2,(H,11,13);(H,6,7). The first-order valence-electron chi connectivity index (χ1n) is 5.87. The van der Waals surface area contributed by atoms with Crippen molar-refractivity contribution in [2.24, 2.45) is 0 Å². The molecule has 0 atom stereocenters. The van der Waals surface area contributed by atoms with E-state index in [0.717, 1.165) is 19.2 Å². The first kappa shape index (κ1) is 18.9. The molecule has 0 aliphatic carbocycles. The molecule has 10 heteroatoms. The smallest absolute Gasteiger partial charge is 0.475 e. The molecule has 3 N–H and O–H groups in total. The van der Waals surface area contributed by atoms with Crippen LogP contribution < -0.4 is 10.6 Å². The van der Waals surface area contributed by atoms with E-state index in [1.807, 2.05) is 0 Å². The monoisotopic (exact) mass is 311 g/mol. The van der Waals surface area contributed by atoms with Crippen molar-refractivity contribution in [3.63, 3.8) is 0 Å². The van der Waals surface area contributed by atoms with E-state index in [1.54, 1.807) is 4.90 Å². The van der Waals surface area contributed by atoms with Gasteiger partial charge in [-0.05, 0) is 6.08 Å². The molecule has 0 aromatic heterocycles. The number of carboxylic acids is 1. The number of rotatable bonds is 3. The van der Waals surface area contributed by atoms with Gasteiger partial charge in [0.15, 0.2) is 0 Å². The predicted molar refractivity (Wildman–Crippen MR) is 66.3 cm³/mol. The van der Waals surface area contributed by atoms with Crippen LogP contribution in [-0.4, -0.2) is 66.7 Å². The lowest BCUT2D eigenvalue weighted by molar-refractivity contribution is -0.192. The minimum atomic E-state index is -5.08. The Bertz CT molecular complexity index is 393. The maximum atomic E-state index is 11.5. The van der Waals surface area contributed by atoms with Gasteiger partial charge in [0.2, 0.25) is 11.8 Å². The van der Waals surface area contributed by atoms with Gasteiger partial charge in [0, 0.05) is 26.2 Å². The summed E-state index contributed by atoms with van der Waals surface area (Å²) in [6, 6.07) is 0. The van der Waals surface area contributed by atoms with E-state index in [4.69, 9.17) is 9.90 Å². The van der Waals surface area contributed by atoms with Crippen molar-refractivity contribution in [2.75, 3.05) is 32.7 Å². The normalized spacial score (nSPS) is 14.5. The molecule has 0 aromatic rings. The molecule has 1 rings (SSSR count). The molecular formula is C11H16F3N3O4. The van der Waals surface area contributed by atoms with Gasteiger partial charge in [0.25, 0.3) is 0 Å². The van der Waals surface area contributed by atoms with Crippen LogP contribution in [0.3, 0.4) is 0 Å². The fourth-order valence-electron chi connectivity index (χ4n) is 1.26. The molecule has 7 nitrogen and oxygen atoms in total. The molecule has 1 heterocycles. The summed E-state index contributed by atoms with van der Waals surface area (Å²) in [5.74, 6) is -3.11. The maximum Gasteiger partial charge on any atom is 0.490 e. The van der Waals surface area contributed by atoms with Crippen LogP contribution in [0, 0.1) is 0 Å². The van der Waals surface area contributed by atoms with Crippen molar-refractivity contribution in [2.45, 2.75) is 6.18 Å². The average Bonchev–Trinajstić information content (AvgIpc) is 2.44. The zero-order valence-electron chi connectivity index (χ0n) is 11.1. The Morgan fingerprint density at radius 3 is 2.14 bits per heavy atom. The number of halogens is 3. The third-order valence-corrected chi connectivity index (χ3v) is 2.31. The number of hydrogen-bond donors (Lipinski definition) is 3. The van der Waals surface area contributed by atoms with Gasteiger partial charge in [-0.1, -0.05) is 6.58 Å². The number of amides is 2. The number of aliphatic carboxylic acids is 1. The van der Waals surface area contributed by atoms with Crippen LogP contribution in [0.15, 0.2) is 12.7 Å². The third-order valence-electron chi connectivity index (χ3n) is 2.31. The van der Waals surface area contributed by atoms with Crippen LogP contribution in [0.2, 0.25) is 0 Å². The summed E-state index contributed by atoms with van der Waals surface area (Å²) in [5, 5.41) is 12.7. The Morgan fingerprint density at radius 2 is 1.76 bits per heavy atom. The van der Waals surface area contributed by atoms with Crippen molar-refractivity contribution >= 4 is 17.8 Å². The van der Waals surface area contributed by atoms with Gasteiger partial charge in [-0.3, -0.25) is 9.59 Å². The predicted octanol–water partition coefficient (Wildman–Crippen LogP) is -0.646. The van der Waals surface area contributed by atoms with Gasteiger partial charge < -0.3 is 20.6 Å². The molecule has 0 radical (unpaired) electrons. The number of alkyl halides is 3. The maximum absolute atomic E-state index is 11.5. The second-order valence-electron chi connectivity index (χ2n) is 3.86. The fraction of sp³-hybridized carbons (Fsp3) is 0.545. The van der Waals surface area contributed by atoms with E-state index < -0.39 is 12.1 Å². The summed E-state index contributed by atoms with van der Waals surface area (Å²) in [5.41, 5.74) is 0.